The van der Waals surface area contributed by atoms with Crippen molar-refractivity contribution in [3.8, 4) is 0 Å². The maximum Gasteiger partial charge on any atom is 0.303 e. The first kappa shape index (κ1) is 40.5. The summed E-state index contributed by atoms with van der Waals surface area (Å²) in [5.74, 6) is -2.47. The van der Waals surface area contributed by atoms with Crippen molar-refractivity contribution in [1.82, 2.24) is 16.0 Å². The van der Waals surface area contributed by atoms with E-state index in [9.17, 15) is 24.3 Å². The van der Waals surface area contributed by atoms with Crippen LogP contribution in [0.25, 0.3) is 0 Å². The molecule has 1 amide bonds. The number of methoxy groups -OCH3 is 2. The molecule has 0 spiro atoms. The third-order valence-corrected chi connectivity index (χ3v) is 7.21. The van der Waals surface area contributed by atoms with Crippen LogP contribution in [0.15, 0.2) is 0 Å². The number of rotatable bonds is 15. The van der Waals surface area contributed by atoms with E-state index < -0.39 is 66.7 Å². The van der Waals surface area contributed by atoms with Crippen LogP contribution in [-0.2, 0) is 85.0 Å². The number of carbonyl (C=O) groups excluding carboxylic acids is 4. The summed E-state index contributed by atoms with van der Waals surface area (Å²) in [6.45, 7) is 5.65. The molecule has 2 aliphatic rings. The van der Waals surface area contributed by atoms with Crippen molar-refractivity contribution in [2.45, 2.75) is 95.9 Å². The molecular weight excluding hydrogens is 679 g/mol. The van der Waals surface area contributed by atoms with Gasteiger partial charge in [0, 0.05) is 93.7 Å². The van der Waals surface area contributed by atoms with Crippen molar-refractivity contribution in [2.75, 3.05) is 40.6 Å². The fourth-order valence-electron chi connectivity index (χ4n) is 5.21. The predicted molar refractivity (Wildman–Crippen MR) is 154 cm³/mol. The number of thiocarbonyl (C=S) groups is 1. The van der Waals surface area contributed by atoms with Crippen LogP contribution < -0.4 is 16.0 Å². The van der Waals surface area contributed by atoms with Gasteiger partial charge in [0.15, 0.2) is 23.6 Å². The molecule has 4 N–H and O–H groups in total. The first-order chi connectivity index (χ1) is 20.4. The van der Waals surface area contributed by atoms with Gasteiger partial charge >= 0.3 is 17.9 Å². The molecule has 0 aromatic carbocycles. The van der Waals surface area contributed by atoms with Gasteiger partial charge in [-0.2, -0.15) is 0 Å². The fourth-order valence-corrected chi connectivity index (χ4v) is 5.47. The summed E-state index contributed by atoms with van der Waals surface area (Å²) in [4.78, 5) is 47.3. The summed E-state index contributed by atoms with van der Waals surface area (Å²) in [7, 11) is 3.13. The Balaban J connectivity index is 0.00000968. The van der Waals surface area contributed by atoms with Crippen LogP contribution in [0.5, 0.6) is 0 Å². The largest absolute Gasteiger partial charge is 0.463 e. The minimum absolute atomic E-state index is 0. The van der Waals surface area contributed by atoms with E-state index in [0.29, 0.717) is 37.5 Å². The molecule has 1 saturated carbocycles. The van der Waals surface area contributed by atoms with Gasteiger partial charge in [-0.05, 0) is 31.5 Å². The quantitative estimate of drug-likeness (QED) is 0.0719. The van der Waals surface area contributed by atoms with Gasteiger partial charge in [-0.25, -0.2) is 0 Å². The molecule has 249 valence electrons. The van der Waals surface area contributed by atoms with Gasteiger partial charge in [-0.3, -0.25) is 19.2 Å². The molecule has 1 aliphatic carbocycles. The minimum atomic E-state index is -1.18. The molecule has 17 heteroatoms. The molecular formula is C27H45N3O12SY. The Labute approximate surface area is 288 Å². The molecule has 2 fully saturated rings. The third-order valence-electron chi connectivity index (χ3n) is 6.95. The molecule has 0 aromatic rings. The number of esters is 3. The normalized spacial score (nSPS) is 29.5. The van der Waals surface area contributed by atoms with Gasteiger partial charge < -0.3 is 54.2 Å². The smallest absolute Gasteiger partial charge is 0.303 e. The van der Waals surface area contributed by atoms with Crippen molar-refractivity contribution < 1.29 is 90.2 Å². The molecule has 1 heterocycles. The van der Waals surface area contributed by atoms with Gasteiger partial charge in [0.2, 0.25) is 5.91 Å². The Bertz CT molecular complexity index is 963. The number of ether oxygens (including phenoxy) is 7. The van der Waals surface area contributed by atoms with E-state index in [-0.39, 0.29) is 57.9 Å². The van der Waals surface area contributed by atoms with Gasteiger partial charge in [0.25, 0.3) is 0 Å². The van der Waals surface area contributed by atoms with Gasteiger partial charge in [-0.1, -0.05) is 0 Å². The van der Waals surface area contributed by atoms with Crippen LogP contribution in [0.1, 0.15) is 47.0 Å². The summed E-state index contributed by atoms with van der Waals surface area (Å²) >= 11 is 5.42. The molecule has 15 nitrogen and oxygen atoms in total. The number of unbranched alkanes of at least 4 members (excludes halogenated alkanes) is 1. The first-order valence-electron chi connectivity index (χ1n) is 14.1. The van der Waals surface area contributed by atoms with E-state index in [1.54, 1.807) is 14.2 Å². The number of aliphatic hydroxyl groups is 1. The predicted octanol–water partition coefficient (Wildman–Crippen LogP) is -0.688. The van der Waals surface area contributed by atoms with Crippen LogP contribution in [0.3, 0.4) is 0 Å². The molecule has 2 rings (SSSR count). The van der Waals surface area contributed by atoms with E-state index in [4.69, 9.17) is 45.4 Å². The molecule has 1 saturated heterocycles. The van der Waals surface area contributed by atoms with Gasteiger partial charge in [-0.15, -0.1) is 0 Å². The molecule has 1 radical (unpaired) electrons. The second kappa shape index (κ2) is 20.6. The fraction of sp³-hybridized carbons (Fsp3) is 0.815. The Morgan fingerprint density at radius 1 is 0.909 bits per heavy atom. The number of aliphatic hydroxyl groups excluding tert-OH is 1. The minimum Gasteiger partial charge on any atom is -0.463 e. The first-order valence-corrected chi connectivity index (χ1v) is 14.5. The third kappa shape index (κ3) is 13.1. The topological polar surface area (TPSA) is 189 Å². The summed E-state index contributed by atoms with van der Waals surface area (Å²) < 4.78 is 38.5. The van der Waals surface area contributed by atoms with Crippen molar-refractivity contribution in [1.29, 1.82) is 0 Å². The number of hydrogen-bond acceptors (Lipinski definition) is 13. The van der Waals surface area contributed by atoms with Crippen molar-refractivity contribution >= 4 is 41.1 Å². The average molecular weight is 725 g/mol. The van der Waals surface area contributed by atoms with E-state index in [0.717, 1.165) is 0 Å². The molecule has 44 heavy (non-hydrogen) atoms. The zero-order chi connectivity index (χ0) is 32.1. The van der Waals surface area contributed by atoms with Crippen LogP contribution >= 0.6 is 12.2 Å². The molecule has 1 unspecified atom stereocenters. The summed E-state index contributed by atoms with van der Waals surface area (Å²) in [5, 5.41) is 19.9. The second-order valence-electron chi connectivity index (χ2n) is 10.4. The van der Waals surface area contributed by atoms with Gasteiger partial charge in [0.05, 0.1) is 18.8 Å². The second-order valence-corrected chi connectivity index (χ2v) is 10.9. The zero-order valence-electron chi connectivity index (χ0n) is 26.1. The summed E-state index contributed by atoms with van der Waals surface area (Å²) in [5.41, 5.74) is 0. The molecule has 0 bridgehead atoms. The summed E-state index contributed by atoms with van der Waals surface area (Å²) in [6.07, 6.45) is -3.74. The average Bonchev–Trinajstić information content (AvgIpc) is 3.20. The van der Waals surface area contributed by atoms with Crippen LogP contribution in [0, 0.1) is 5.92 Å². The maximum absolute atomic E-state index is 12.0. The Morgan fingerprint density at radius 2 is 1.57 bits per heavy atom. The SMILES string of the molecule is COC[C@H]1C[C@@H](NC(=S)NCCCCO[C@@H]2O[C@H](COC(C)=O)[C@H](OC(C)=O)[C@H](OC(C)=O)[C@H]2NC(C)=O)[C@@H](OC)C1O.[Y]. The van der Waals surface area contributed by atoms with Crippen molar-refractivity contribution in [2.24, 2.45) is 5.92 Å². The van der Waals surface area contributed by atoms with E-state index >= 15 is 0 Å². The van der Waals surface area contributed by atoms with Crippen LogP contribution in [-0.4, -0.2) is 124 Å². The molecule has 0 aromatic heterocycles. The van der Waals surface area contributed by atoms with Gasteiger partial charge in [0.1, 0.15) is 24.9 Å². The number of amides is 1. The summed E-state index contributed by atoms with van der Waals surface area (Å²) in [6, 6.07) is -1.19. The number of hydrogen-bond donors (Lipinski definition) is 4. The molecule has 1 aliphatic heterocycles. The van der Waals surface area contributed by atoms with Crippen molar-refractivity contribution in [3.63, 3.8) is 0 Å². The standard InChI is InChI=1S/C27H45N3O12S.Y/c1-14(31)29-21-25(41-17(4)34)24(40-16(3)33)20(13-39-15(2)32)42-26(21)38-10-8-7-9-28-27(43)30-19-11-18(12-36-5)22(35)23(19)37-6;/h18-26,35H,7-13H2,1-6H3,(H,29,31)(H2,28,30,43);/t18-,19-,20-,21-,22?,23-,24+,25-,26-;/m1./s1. The Hall–Kier alpha value is -1.53. The molecule has 9 atom stereocenters. The van der Waals surface area contributed by atoms with E-state index in [1.165, 1.54) is 27.7 Å². The maximum atomic E-state index is 12.0. The monoisotopic (exact) mass is 724 g/mol. The van der Waals surface area contributed by atoms with Crippen LogP contribution in [0.2, 0.25) is 0 Å². The Kier molecular flexibility index (Phi) is 18.9. The number of nitrogens with one attached hydrogen (secondary N) is 3. The van der Waals surface area contributed by atoms with E-state index in [1.807, 2.05) is 0 Å². The zero-order valence-corrected chi connectivity index (χ0v) is 29.7. The number of carbonyl (C=O) groups is 4. The van der Waals surface area contributed by atoms with E-state index in [2.05, 4.69) is 16.0 Å². The van der Waals surface area contributed by atoms with Crippen LogP contribution in [0.4, 0.5) is 0 Å². The Morgan fingerprint density at radius 3 is 2.14 bits per heavy atom. The van der Waals surface area contributed by atoms with Crippen molar-refractivity contribution in [3.05, 3.63) is 0 Å².